The number of carbonyl (C=O) groups is 3. The number of nitrogens with one attached hydrogen (secondary N) is 1. The second-order valence-electron chi connectivity index (χ2n) is 8.25. The molecule has 154 valence electrons. The van der Waals surface area contributed by atoms with Crippen LogP contribution >= 0.6 is 0 Å². The fourth-order valence-corrected chi connectivity index (χ4v) is 4.55. The van der Waals surface area contributed by atoms with Crippen molar-refractivity contribution in [1.82, 2.24) is 15.1 Å². The Balaban J connectivity index is 1.29. The topological polar surface area (TPSA) is 69.7 Å². The summed E-state index contributed by atoms with van der Waals surface area (Å²) in [5.74, 6) is 0.0101. The van der Waals surface area contributed by atoms with Gasteiger partial charge in [0, 0.05) is 25.2 Å². The van der Waals surface area contributed by atoms with E-state index in [4.69, 9.17) is 0 Å². The fraction of sp³-hybridized carbons (Fsp3) is 0.522. The van der Waals surface area contributed by atoms with Crippen molar-refractivity contribution >= 4 is 17.7 Å². The van der Waals surface area contributed by atoms with Crippen molar-refractivity contribution < 1.29 is 14.4 Å². The highest BCUT2D eigenvalue weighted by atomic mass is 16.2. The number of carbonyl (C=O) groups excluding carboxylic acids is 3. The summed E-state index contributed by atoms with van der Waals surface area (Å²) in [6, 6.07) is 7.06. The molecule has 0 radical (unpaired) electrons. The van der Waals surface area contributed by atoms with Gasteiger partial charge in [0.1, 0.15) is 12.6 Å². The molecule has 1 aliphatic carbocycles. The number of benzene rings is 1. The largest absolute Gasteiger partial charge is 0.352 e. The molecule has 3 amide bonds. The zero-order valence-corrected chi connectivity index (χ0v) is 16.9. The van der Waals surface area contributed by atoms with Crippen molar-refractivity contribution in [2.45, 2.75) is 57.5 Å². The first-order valence-corrected chi connectivity index (χ1v) is 10.7. The van der Waals surface area contributed by atoms with Crippen molar-refractivity contribution in [3.63, 3.8) is 0 Å². The van der Waals surface area contributed by atoms with Gasteiger partial charge in [-0.05, 0) is 62.6 Å². The van der Waals surface area contributed by atoms with Crippen molar-refractivity contribution in [3.8, 4) is 0 Å². The third-order valence-electron chi connectivity index (χ3n) is 6.20. The molecule has 1 aromatic rings. The predicted octanol–water partition coefficient (Wildman–Crippen LogP) is 2.64. The average molecular weight is 396 g/mol. The molecular formula is C23H29N3O3. The smallest absolute Gasteiger partial charge is 0.251 e. The number of hydrogen-bond donors (Lipinski definition) is 1. The van der Waals surface area contributed by atoms with Gasteiger partial charge >= 0.3 is 0 Å². The lowest BCUT2D eigenvalue weighted by Crippen LogP contribution is -2.56. The standard InChI is InChI=1S/C23H29N3O3/c27-21-16-25(23(29)20-7-4-14-26(20)21)15-18-8-10-19(11-9-18)22(28)24-13-12-17-5-2-1-3-6-17/h5,8-11,20H,1-4,6-7,12-16H2,(H,24,28)/t20-/m1/s1. The van der Waals surface area contributed by atoms with Gasteiger partial charge in [0.25, 0.3) is 5.91 Å². The second-order valence-corrected chi connectivity index (χ2v) is 8.25. The Hall–Kier alpha value is -2.63. The van der Waals surface area contributed by atoms with E-state index in [1.807, 2.05) is 12.1 Å². The van der Waals surface area contributed by atoms with Crippen LogP contribution in [-0.2, 0) is 16.1 Å². The number of rotatable bonds is 6. The Morgan fingerprint density at radius 1 is 1.10 bits per heavy atom. The Morgan fingerprint density at radius 3 is 2.69 bits per heavy atom. The quantitative estimate of drug-likeness (QED) is 0.753. The molecular weight excluding hydrogens is 366 g/mol. The minimum Gasteiger partial charge on any atom is -0.352 e. The molecule has 0 spiro atoms. The van der Waals surface area contributed by atoms with Crippen LogP contribution in [0.3, 0.4) is 0 Å². The molecule has 6 nitrogen and oxygen atoms in total. The first-order chi connectivity index (χ1) is 14.1. The SMILES string of the molecule is O=C(NCCC1=CCCCC1)c1ccc(CN2CC(=O)N3CCC[C@@H]3C2=O)cc1. The van der Waals surface area contributed by atoms with E-state index < -0.39 is 0 Å². The lowest BCUT2D eigenvalue weighted by atomic mass is 9.97. The minimum atomic E-state index is -0.277. The van der Waals surface area contributed by atoms with Crippen LogP contribution in [0, 0.1) is 0 Å². The molecule has 6 heteroatoms. The highest BCUT2D eigenvalue weighted by Gasteiger charge is 2.41. The maximum absolute atomic E-state index is 12.6. The molecule has 2 heterocycles. The van der Waals surface area contributed by atoms with Gasteiger partial charge in [0.15, 0.2) is 0 Å². The first kappa shape index (κ1) is 19.7. The van der Waals surface area contributed by atoms with E-state index in [0.717, 1.165) is 37.7 Å². The number of allylic oxidation sites excluding steroid dienone is 1. The Kier molecular flexibility index (Phi) is 5.97. The maximum Gasteiger partial charge on any atom is 0.251 e. The van der Waals surface area contributed by atoms with Crippen LogP contribution < -0.4 is 5.32 Å². The number of nitrogens with zero attached hydrogens (tertiary/aromatic N) is 2. The molecule has 0 bridgehead atoms. The fourth-order valence-electron chi connectivity index (χ4n) is 4.55. The third-order valence-corrected chi connectivity index (χ3v) is 6.20. The molecule has 29 heavy (non-hydrogen) atoms. The summed E-state index contributed by atoms with van der Waals surface area (Å²) in [5, 5.41) is 2.99. The number of fused-ring (bicyclic) bond motifs is 1. The number of hydrogen-bond acceptors (Lipinski definition) is 3. The Bertz CT molecular complexity index is 815. The van der Waals surface area contributed by atoms with Crippen molar-refractivity contribution in [2.75, 3.05) is 19.6 Å². The summed E-state index contributed by atoms with van der Waals surface area (Å²) in [4.78, 5) is 40.6. The lowest BCUT2D eigenvalue weighted by Gasteiger charge is -2.36. The van der Waals surface area contributed by atoms with E-state index in [0.29, 0.717) is 25.2 Å². The van der Waals surface area contributed by atoms with E-state index >= 15 is 0 Å². The van der Waals surface area contributed by atoms with Crippen LogP contribution in [0.15, 0.2) is 35.9 Å². The molecule has 1 atom stereocenters. The van der Waals surface area contributed by atoms with Crippen molar-refractivity contribution in [2.24, 2.45) is 0 Å². The van der Waals surface area contributed by atoms with Gasteiger partial charge in [-0.2, -0.15) is 0 Å². The van der Waals surface area contributed by atoms with Gasteiger partial charge in [0.05, 0.1) is 0 Å². The number of amides is 3. The van der Waals surface area contributed by atoms with Gasteiger partial charge in [-0.3, -0.25) is 14.4 Å². The summed E-state index contributed by atoms with van der Waals surface area (Å²) in [6.07, 6.45) is 9.74. The third kappa shape index (κ3) is 4.52. The van der Waals surface area contributed by atoms with E-state index in [1.54, 1.807) is 21.9 Å². The lowest BCUT2D eigenvalue weighted by molar-refractivity contribution is -0.154. The molecule has 4 rings (SSSR count). The molecule has 3 aliphatic rings. The maximum atomic E-state index is 12.6. The van der Waals surface area contributed by atoms with E-state index in [9.17, 15) is 14.4 Å². The van der Waals surface area contributed by atoms with Crippen molar-refractivity contribution in [3.05, 3.63) is 47.0 Å². The molecule has 0 unspecified atom stereocenters. The van der Waals surface area contributed by atoms with Gasteiger partial charge in [-0.25, -0.2) is 0 Å². The molecule has 2 fully saturated rings. The Labute approximate surface area is 171 Å². The first-order valence-electron chi connectivity index (χ1n) is 10.7. The van der Waals surface area contributed by atoms with Gasteiger partial charge in [-0.15, -0.1) is 0 Å². The molecule has 1 aromatic carbocycles. The summed E-state index contributed by atoms with van der Waals surface area (Å²) < 4.78 is 0. The summed E-state index contributed by atoms with van der Waals surface area (Å²) in [5.41, 5.74) is 3.00. The zero-order chi connectivity index (χ0) is 20.2. The summed E-state index contributed by atoms with van der Waals surface area (Å²) in [6.45, 7) is 1.91. The van der Waals surface area contributed by atoms with Crippen LogP contribution in [0.4, 0.5) is 0 Å². The molecule has 0 saturated carbocycles. The average Bonchev–Trinajstić information content (AvgIpc) is 3.24. The highest BCUT2D eigenvalue weighted by molar-refractivity contribution is 5.95. The van der Waals surface area contributed by atoms with E-state index in [1.165, 1.54) is 18.4 Å². The van der Waals surface area contributed by atoms with E-state index in [2.05, 4.69) is 11.4 Å². The van der Waals surface area contributed by atoms with Gasteiger partial charge in [0.2, 0.25) is 11.8 Å². The molecule has 2 aliphatic heterocycles. The predicted molar refractivity (Wildman–Crippen MR) is 110 cm³/mol. The van der Waals surface area contributed by atoms with Gasteiger partial charge in [-0.1, -0.05) is 23.8 Å². The highest BCUT2D eigenvalue weighted by Crippen LogP contribution is 2.25. The normalized spacial score (nSPS) is 21.8. The van der Waals surface area contributed by atoms with Crippen LogP contribution in [0.5, 0.6) is 0 Å². The summed E-state index contributed by atoms with van der Waals surface area (Å²) in [7, 11) is 0. The van der Waals surface area contributed by atoms with Crippen LogP contribution in [-0.4, -0.2) is 53.2 Å². The molecule has 1 N–H and O–H groups in total. The van der Waals surface area contributed by atoms with Crippen LogP contribution in [0.25, 0.3) is 0 Å². The van der Waals surface area contributed by atoms with Crippen molar-refractivity contribution in [1.29, 1.82) is 0 Å². The van der Waals surface area contributed by atoms with Crippen LogP contribution in [0.2, 0.25) is 0 Å². The minimum absolute atomic E-state index is 0.0381. The van der Waals surface area contributed by atoms with Gasteiger partial charge < -0.3 is 15.1 Å². The molecule has 2 saturated heterocycles. The zero-order valence-electron chi connectivity index (χ0n) is 16.9. The number of piperazine rings is 1. The van der Waals surface area contributed by atoms with Crippen LogP contribution in [0.1, 0.15) is 60.9 Å². The second kappa shape index (κ2) is 8.80. The molecule has 0 aromatic heterocycles. The Morgan fingerprint density at radius 2 is 1.93 bits per heavy atom. The monoisotopic (exact) mass is 395 g/mol. The van der Waals surface area contributed by atoms with E-state index in [-0.39, 0.29) is 30.3 Å². The summed E-state index contributed by atoms with van der Waals surface area (Å²) >= 11 is 0.